The molecule has 0 amide bonds. The number of non-ortho nitro benzene ring substituents is 1. The average Bonchev–Trinajstić information content (AvgIpc) is 2.34. The van der Waals surface area contributed by atoms with Crippen molar-refractivity contribution in [1.82, 2.24) is 0 Å². The van der Waals surface area contributed by atoms with Gasteiger partial charge in [0.1, 0.15) is 0 Å². The van der Waals surface area contributed by atoms with Crippen molar-refractivity contribution < 1.29 is 4.92 Å². The van der Waals surface area contributed by atoms with Crippen LogP contribution in [0.1, 0.15) is 11.1 Å². The maximum absolute atomic E-state index is 10.7. The normalized spacial score (nSPS) is 10.3. The first-order chi connectivity index (χ1) is 8.56. The molecule has 92 valence electrons. The van der Waals surface area contributed by atoms with Crippen LogP contribution >= 0.6 is 23.2 Å². The number of hydrogen-bond acceptors (Lipinski definition) is 2. The lowest BCUT2D eigenvalue weighted by Crippen LogP contribution is -1.92. The van der Waals surface area contributed by atoms with Crippen molar-refractivity contribution in [3.63, 3.8) is 0 Å². The van der Waals surface area contributed by atoms with E-state index in [1.54, 1.807) is 24.3 Å². The van der Waals surface area contributed by atoms with Gasteiger partial charge in [-0.25, -0.2) is 0 Å². The molecule has 0 spiro atoms. The minimum atomic E-state index is -0.404. The smallest absolute Gasteiger partial charge is 0.258 e. The highest BCUT2D eigenvalue weighted by molar-refractivity contribution is 6.42. The molecule has 0 heterocycles. The zero-order valence-corrected chi connectivity index (χ0v) is 10.8. The monoisotopic (exact) mass is 281 g/mol. The fourth-order valence-corrected chi connectivity index (χ4v) is 1.99. The quantitative estimate of drug-likeness (QED) is 0.614. The largest absolute Gasteiger partial charge is 0.269 e. The van der Waals surface area contributed by atoms with Crippen LogP contribution in [0.3, 0.4) is 0 Å². The molecule has 0 saturated heterocycles. The first kappa shape index (κ1) is 12.9. The molecule has 0 aliphatic carbocycles. The minimum Gasteiger partial charge on any atom is -0.258 e. The molecule has 2 rings (SSSR count). The van der Waals surface area contributed by atoms with E-state index >= 15 is 0 Å². The molecule has 0 aliphatic heterocycles. The fourth-order valence-electron chi connectivity index (χ4n) is 1.67. The number of benzene rings is 2. The second-order valence-electron chi connectivity index (χ2n) is 3.85. The predicted octanol–water partition coefficient (Wildman–Crippen LogP) is 4.49. The molecule has 0 bridgehead atoms. The van der Waals surface area contributed by atoms with Crippen LogP contribution in [0, 0.1) is 10.1 Å². The molecule has 3 nitrogen and oxygen atoms in total. The maximum Gasteiger partial charge on any atom is 0.269 e. The maximum atomic E-state index is 10.7. The summed E-state index contributed by atoms with van der Waals surface area (Å²) in [5, 5.41) is 11.7. The number of hydrogen-bond donors (Lipinski definition) is 0. The number of rotatable bonds is 3. The number of nitro benzene ring substituents is 1. The van der Waals surface area contributed by atoms with Gasteiger partial charge in [0.05, 0.1) is 15.0 Å². The van der Waals surface area contributed by atoms with E-state index in [9.17, 15) is 10.1 Å². The molecular formula is C13H9Cl2NO2. The summed E-state index contributed by atoms with van der Waals surface area (Å²) >= 11 is 11.8. The van der Waals surface area contributed by atoms with Gasteiger partial charge in [-0.2, -0.15) is 0 Å². The second-order valence-corrected chi connectivity index (χ2v) is 4.67. The highest BCUT2D eigenvalue weighted by atomic mass is 35.5. The summed E-state index contributed by atoms with van der Waals surface area (Å²) in [7, 11) is 0. The molecule has 0 N–H and O–H groups in total. The molecule has 0 unspecified atom stereocenters. The molecule has 0 fully saturated rings. The first-order valence-corrected chi connectivity index (χ1v) is 5.99. The van der Waals surface area contributed by atoms with Crippen molar-refractivity contribution in [3.05, 3.63) is 73.8 Å². The third kappa shape index (κ3) is 3.00. The molecule has 18 heavy (non-hydrogen) atoms. The first-order valence-electron chi connectivity index (χ1n) is 5.23. The lowest BCUT2D eigenvalue weighted by molar-refractivity contribution is -0.384. The summed E-state index contributed by atoms with van der Waals surface area (Å²) in [6.07, 6.45) is 0.582. The Morgan fingerprint density at radius 2 is 1.72 bits per heavy atom. The molecule has 0 atom stereocenters. The van der Waals surface area contributed by atoms with Gasteiger partial charge in [-0.1, -0.05) is 41.4 Å². The van der Waals surface area contributed by atoms with Crippen LogP contribution in [0.25, 0.3) is 0 Å². The minimum absolute atomic E-state index is 0.0903. The molecule has 0 aliphatic rings. The van der Waals surface area contributed by atoms with Gasteiger partial charge >= 0.3 is 0 Å². The van der Waals surface area contributed by atoms with E-state index in [1.165, 1.54) is 6.07 Å². The van der Waals surface area contributed by atoms with Crippen LogP contribution in [0.15, 0.2) is 42.5 Å². The summed E-state index contributed by atoms with van der Waals surface area (Å²) in [6, 6.07) is 11.9. The Balaban J connectivity index is 2.25. The number of nitrogens with zero attached hydrogens (tertiary/aromatic N) is 1. The van der Waals surface area contributed by atoms with Gasteiger partial charge in [-0.05, 0) is 29.7 Å². The van der Waals surface area contributed by atoms with Crippen molar-refractivity contribution in [2.75, 3.05) is 0 Å². The van der Waals surface area contributed by atoms with Crippen LogP contribution in [0.4, 0.5) is 5.69 Å². The SMILES string of the molecule is O=[N+]([O-])c1cccc(Cc2ccc(Cl)c(Cl)c2)c1. The molecule has 0 aromatic heterocycles. The summed E-state index contributed by atoms with van der Waals surface area (Å²) in [5.74, 6) is 0. The Bertz CT molecular complexity index is 599. The van der Waals surface area contributed by atoms with Gasteiger partial charge in [0, 0.05) is 12.1 Å². The third-order valence-corrected chi connectivity index (χ3v) is 3.25. The molecule has 0 saturated carbocycles. The third-order valence-electron chi connectivity index (χ3n) is 2.51. The van der Waals surface area contributed by atoms with Crippen LogP contribution in [0.2, 0.25) is 10.0 Å². The molecular weight excluding hydrogens is 273 g/mol. The zero-order valence-electron chi connectivity index (χ0n) is 9.27. The summed E-state index contributed by atoms with van der Waals surface area (Å²) in [4.78, 5) is 10.3. The summed E-state index contributed by atoms with van der Waals surface area (Å²) in [6.45, 7) is 0. The lowest BCUT2D eigenvalue weighted by atomic mass is 10.0. The van der Waals surface area contributed by atoms with Crippen LogP contribution in [-0.4, -0.2) is 4.92 Å². The van der Waals surface area contributed by atoms with Crippen LogP contribution in [-0.2, 0) is 6.42 Å². The fraction of sp³-hybridized carbons (Fsp3) is 0.0769. The highest BCUT2D eigenvalue weighted by Crippen LogP contribution is 2.24. The zero-order chi connectivity index (χ0) is 13.1. The average molecular weight is 282 g/mol. The molecule has 5 heteroatoms. The second kappa shape index (κ2) is 5.38. The lowest BCUT2D eigenvalue weighted by Gasteiger charge is -2.03. The predicted molar refractivity (Wildman–Crippen MR) is 72.4 cm³/mol. The Labute approximate surface area is 114 Å². The van der Waals surface area contributed by atoms with Gasteiger partial charge in [-0.3, -0.25) is 10.1 Å². The number of halogens is 2. The van der Waals surface area contributed by atoms with Crippen LogP contribution in [0.5, 0.6) is 0 Å². The van der Waals surface area contributed by atoms with E-state index in [0.29, 0.717) is 16.5 Å². The summed E-state index contributed by atoms with van der Waals surface area (Å²) in [5.41, 5.74) is 1.92. The van der Waals surface area contributed by atoms with Crippen molar-refractivity contribution in [2.24, 2.45) is 0 Å². The van der Waals surface area contributed by atoms with E-state index in [4.69, 9.17) is 23.2 Å². The van der Waals surface area contributed by atoms with Crippen molar-refractivity contribution in [1.29, 1.82) is 0 Å². The van der Waals surface area contributed by atoms with E-state index < -0.39 is 4.92 Å². The van der Waals surface area contributed by atoms with Crippen LogP contribution < -0.4 is 0 Å². The Kier molecular flexibility index (Phi) is 3.84. The highest BCUT2D eigenvalue weighted by Gasteiger charge is 2.07. The van der Waals surface area contributed by atoms with E-state index in [1.807, 2.05) is 12.1 Å². The van der Waals surface area contributed by atoms with Gasteiger partial charge in [-0.15, -0.1) is 0 Å². The topological polar surface area (TPSA) is 43.1 Å². The Morgan fingerprint density at radius 3 is 2.39 bits per heavy atom. The van der Waals surface area contributed by atoms with Gasteiger partial charge in [0.25, 0.3) is 5.69 Å². The Morgan fingerprint density at radius 1 is 1.00 bits per heavy atom. The van der Waals surface area contributed by atoms with Gasteiger partial charge in [0.2, 0.25) is 0 Å². The Hall–Kier alpha value is -1.58. The van der Waals surface area contributed by atoms with Crippen molar-refractivity contribution in [3.8, 4) is 0 Å². The number of nitro groups is 1. The molecule has 0 radical (unpaired) electrons. The van der Waals surface area contributed by atoms with Crippen molar-refractivity contribution >= 4 is 28.9 Å². The standard InChI is InChI=1S/C13H9Cl2NO2/c14-12-5-4-10(8-13(12)15)6-9-2-1-3-11(7-9)16(17)18/h1-5,7-8H,6H2. The summed E-state index contributed by atoms with van der Waals surface area (Å²) < 4.78 is 0. The van der Waals surface area contributed by atoms with Crippen molar-refractivity contribution in [2.45, 2.75) is 6.42 Å². The van der Waals surface area contributed by atoms with E-state index in [2.05, 4.69) is 0 Å². The van der Waals surface area contributed by atoms with Gasteiger partial charge < -0.3 is 0 Å². The molecule has 2 aromatic rings. The van der Waals surface area contributed by atoms with E-state index in [-0.39, 0.29) is 5.69 Å². The van der Waals surface area contributed by atoms with Gasteiger partial charge in [0.15, 0.2) is 0 Å². The molecule has 2 aromatic carbocycles. The van der Waals surface area contributed by atoms with E-state index in [0.717, 1.165) is 11.1 Å².